The van der Waals surface area contributed by atoms with Gasteiger partial charge in [0.25, 0.3) is 0 Å². The number of aromatic nitrogens is 1. The van der Waals surface area contributed by atoms with Gasteiger partial charge in [-0.3, -0.25) is 4.79 Å². The van der Waals surface area contributed by atoms with Gasteiger partial charge in [-0.1, -0.05) is 17.7 Å². The lowest BCUT2D eigenvalue weighted by atomic mass is 10.1. The van der Waals surface area contributed by atoms with Crippen molar-refractivity contribution in [1.82, 2.24) is 4.57 Å². The van der Waals surface area contributed by atoms with Crippen molar-refractivity contribution in [3.8, 4) is 0 Å². The van der Waals surface area contributed by atoms with Crippen LogP contribution < -0.4 is 5.32 Å². The van der Waals surface area contributed by atoms with Gasteiger partial charge in [-0.25, -0.2) is 0 Å². The van der Waals surface area contributed by atoms with Crippen molar-refractivity contribution in [3.63, 3.8) is 0 Å². The Morgan fingerprint density at radius 3 is 2.50 bits per heavy atom. The summed E-state index contributed by atoms with van der Waals surface area (Å²) in [6.45, 7) is 0. The second-order valence-corrected chi connectivity index (χ2v) is 6.34. The molecule has 3 aromatic rings. The molecule has 0 aliphatic rings. The summed E-state index contributed by atoms with van der Waals surface area (Å²) in [5.74, 6) is -0.0191. The van der Waals surface area contributed by atoms with Crippen molar-refractivity contribution in [2.75, 3.05) is 5.32 Å². The highest BCUT2D eigenvalue weighted by atomic mass is 35.5. The fourth-order valence-corrected chi connectivity index (χ4v) is 3.27. The lowest BCUT2D eigenvalue weighted by molar-refractivity contribution is -0.116. The number of thiophene rings is 1. The van der Waals surface area contributed by atoms with E-state index < -0.39 is 0 Å². The summed E-state index contributed by atoms with van der Waals surface area (Å²) in [5, 5.41) is 5.60. The standard InChI is InChI=1S/C17H15ClN2OS/c18-13-5-7-14(8-6-13)19-17(21)12-15(16-4-3-11-22-16)20-9-1-2-10-20/h1-11,15H,12H2,(H,19,21). The molecule has 3 rings (SSSR count). The molecule has 1 amide bonds. The largest absolute Gasteiger partial charge is 0.346 e. The van der Waals surface area contributed by atoms with Crippen LogP contribution in [0.15, 0.2) is 66.3 Å². The van der Waals surface area contributed by atoms with E-state index in [9.17, 15) is 4.79 Å². The SMILES string of the molecule is O=C(CC(c1cccs1)n1cccc1)Nc1ccc(Cl)cc1. The fraction of sp³-hybridized carbons (Fsp3) is 0.118. The number of anilines is 1. The molecule has 0 saturated carbocycles. The summed E-state index contributed by atoms with van der Waals surface area (Å²) in [4.78, 5) is 13.5. The first-order valence-corrected chi connectivity index (χ1v) is 8.19. The molecule has 1 aromatic carbocycles. The minimum Gasteiger partial charge on any atom is -0.346 e. The molecule has 0 fully saturated rings. The first-order valence-electron chi connectivity index (χ1n) is 6.93. The predicted molar refractivity (Wildman–Crippen MR) is 91.6 cm³/mol. The molecule has 5 heteroatoms. The topological polar surface area (TPSA) is 34.0 Å². The lowest BCUT2D eigenvalue weighted by Crippen LogP contribution is -2.19. The zero-order valence-electron chi connectivity index (χ0n) is 11.8. The Bertz CT molecular complexity index is 686. The molecule has 0 radical (unpaired) electrons. The minimum absolute atomic E-state index is 0.0160. The second kappa shape index (κ2) is 6.81. The van der Waals surface area contributed by atoms with Crippen molar-refractivity contribution in [2.24, 2.45) is 0 Å². The Morgan fingerprint density at radius 2 is 1.86 bits per heavy atom. The molecule has 3 nitrogen and oxygen atoms in total. The molecule has 1 unspecified atom stereocenters. The van der Waals surface area contributed by atoms with Crippen molar-refractivity contribution in [1.29, 1.82) is 0 Å². The number of carbonyl (C=O) groups excluding carboxylic acids is 1. The molecular weight excluding hydrogens is 316 g/mol. The van der Waals surface area contributed by atoms with Crippen LogP contribution in [0.3, 0.4) is 0 Å². The maximum atomic E-state index is 12.3. The maximum absolute atomic E-state index is 12.3. The van der Waals surface area contributed by atoms with E-state index in [1.165, 1.54) is 4.88 Å². The van der Waals surface area contributed by atoms with Crippen LogP contribution in [0.25, 0.3) is 0 Å². The number of nitrogens with zero attached hydrogens (tertiary/aromatic N) is 1. The Labute approximate surface area is 138 Å². The zero-order valence-corrected chi connectivity index (χ0v) is 13.3. The molecule has 1 atom stereocenters. The third kappa shape index (κ3) is 3.59. The van der Waals surface area contributed by atoms with Crippen LogP contribution in [0.2, 0.25) is 5.02 Å². The molecule has 0 spiro atoms. The highest BCUT2D eigenvalue weighted by Crippen LogP contribution is 2.27. The summed E-state index contributed by atoms with van der Waals surface area (Å²) in [6, 6.07) is 15.2. The van der Waals surface area contributed by atoms with E-state index in [1.807, 2.05) is 36.0 Å². The van der Waals surface area contributed by atoms with Crippen molar-refractivity contribution < 1.29 is 4.79 Å². The van der Waals surface area contributed by atoms with Gasteiger partial charge in [-0.2, -0.15) is 0 Å². The first kappa shape index (κ1) is 14.9. The Balaban J connectivity index is 1.73. The summed E-state index contributed by atoms with van der Waals surface area (Å²) in [7, 11) is 0. The number of rotatable bonds is 5. The van der Waals surface area contributed by atoms with E-state index in [2.05, 4.69) is 16.0 Å². The molecular formula is C17H15ClN2OS. The quantitative estimate of drug-likeness (QED) is 0.715. The number of hydrogen-bond acceptors (Lipinski definition) is 2. The van der Waals surface area contributed by atoms with Crippen molar-refractivity contribution >= 4 is 34.5 Å². The zero-order chi connectivity index (χ0) is 15.4. The van der Waals surface area contributed by atoms with Crippen LogP contribution in [0.1, 0.15) is 17.3 Å². The van der Waals surface area contributed by atoms with E-state index in [0.29, 0.717) is 11.4 Å². The highest BCUT2D eigenvalue weighted by Gasteiger charge is 2.18. The fourth-order valence-electron chi connectivity index (χ4n) is 2.31. The van der Waals surface area contributed by atoms with E-state index >= 15 is 0 Å². The van der Waals surface area contributed by atoms with Gasteiger partial charge in [0, 0.05) is 28.0 Å². The van der Waals surface area contributed by atoms with Crippen LogP contribution in [0.4, 0.5) is 5.69 Å². The number of amides is 1. The minimum atomic E-state index is -0.0191. The average Bonchev–Trinajstić information content (AvgIpc) is 3.21. The van der Waals surface area contributed by atoms with Crippen molar-refractivity contribution in [2.45, 2.75) is 12.5 Å². The summed E-state index contributed by atoms with van der Waals surface area (Å²) >= 11 is 7.51. The van der Waals surface area contributed by atoms with Gasteiger partial charge in [0.15, 0.2) is 0 Å². The van der Waals surface area contributed by atoms with Crippen LogP contribution in [0, 0.1) is 0 Å². The molecule has 0 saturated heterocycles. The van der Waals surface area contributed by atoms with Gasteiger partial charge in [0.05, 0.1) is 12.5 Å². The average molecular weight is 331 g/mol. The number of benzene rings is 1. The molecule has 0 aliphatic carbocycles. The number of hydrogen-bond donors (Lipinski definition) is 1. The second-order valence-electron chi connectivity index (χ2n) is 4.92. The Kier molecular flexibility index (Phi) is 4.61. The molecule has 112 valence electrons. The van der Waals surface area contributed by atoms with E-state index in [1.54, 1.807) is 35.6 Å². The first-order chi connectivity index (χ1) is 10.7. The summed E-state index contributed by atoms with van der Waals surface area (Å²) in [6.07, 6.45) is 4.36. The monoisotopic (exact) mass is 330 g/mol. The molecule has 2 aromatic heterocycles. The molecule has 0 bridgehead atoms. The Hall–Kier alpha value is -2.04. The van der Waals surface area contributed by atoms with Crippen molar-refractivity contribution in [3.05, 3.63) is 76.2 Å². The lowest BCUT2D eigenvalue weighted by Gasteiger charge is -2.17. The molecule has 2 heterocycles. The molecule has 0 aliphatic heterocycles. The smallest absolute Gasteiger partial charge is 0.226 e. The van der Waals surface area contributed by atoms with Gasteiger partial charge >= 0.3 is 0 Å². The number of halogens is 1. The van der Waals surface area contributed by atoms with Gasteiger partial charge in [-0.05, 0) is 47.8 Å². The van der Waals surface area contributed by atoms with E-state index in [-0.39, 0.29) is 11.9 Å². The third-order valence-corrected chi connectivity index (χ3v) is 4.59. The Morgan fingerprint density at radius 1 is 1.14 bits per heavy atom. The predicted octanol–water partition coefficient (Wildman–Crippen LogP) is 4.82. The number of carbonyl (C=O) groups is 1. The van der Waals surface area contributed by atoms with Gasteiger partial charge < -0.3 is 9.88 Å². The molecule has 1 N–H and O–H groups in total. The van der Waals surface area contributed by atoms with E-state index in [4.69, 9.17) is 11.6 Å². The van der Waals surface area contributed by atoms with Crippen LogP contribution in [-0.4, -0.2) is 10.5 Å². The van der Waals surface area contributed by atoms with Gasteiger partial charge in [-0.15, -0.1) is 11.3 Å². The normalized spacial score (nSPS) is 12.0. The summed E-state index contributed by atoms with van der Waals surface area (Å²) < 4.78 is 2.06. The van der Waals surface area contributed by atoms with E-state index in [0.717, 1.165) is 5.69 Å². The van der Waals surface area contributed by atoms with Crippen LogP contribution in [0.5, 0.6) is 0 Å². The van der Waals surface area contributed by atoms with Gasteiger partial charge in [0.2, 0.25) is 5.91 Å². The van der Waals surface area contributed by atoms with Crippen LogP contribution in [-0.2, 0) is 4.79 Å². The number of nitrogens with one attached hydrogen (secondary N) is 1. The maximum Gasteiger partial charge on any atom is 0.226 e. The highest BCUT2D eigenvalue weighted by molar-refractivity contribution is 7.10. The van der Waals surface area contributed by atoms with Gasteiger partial charge in [0.1, 0.15) is 0 Å². The van der Waals surface area contributed by atoms with Crippen LogP contribution >= 0.6 is 22.9 Å². The third-order valence-electron chi connectivity index (χ3n) is 3.37. The summed E-state index contributed by atoms with van der Waals surface area (Å²) in [5.41, 5.74) is 0.756. The molecule has 22 heavy (non-hydrogen) atoms.